The van der Waals surface area contributed by atoms with Crippen LogP contribution in [0.1, 0.15) is 43.0 Å². The van der Waals surface area contributed by atoms with Crippen molar-refractivity contribution in [3.05, 3.63) is 51.7 Å². The molecule has 0 saturated carbocycles. The van der Waals surface area contributed by atoms with Gasteiger partial charge in [0.15, 0.2) is 0 Å². The number of thiophene rings is 1. The van der Waals surface area contributed by atoms with Crippen LogP contribution >= 0.6 is 11.3 Å². The van der Waals surface area contributed by atoms with Crippen molar-refractivity contribution >= 4 is 11.3 Å². The summed E-state index contributed by atoms with van der Waals surface area (Å²) in [5.41, 5.74) is 4.06. The molecule has 0 aliphatic heterocycles. The molecule has 2 nitrogen and oxygen atoms in total. The van der Waals surface area contributed by atoms with Gasteiger partial charge in [-0.05, 0) is 59.9 Å². The lowest BCUT2D eigenvalue weighted by molar-refractivity contribution is 0.317. The van der Waals surface area contributed by atoms with Crippen LogP contribution in [0.15, 0.2) is 35.0 Å². The Morgan fingerprint density at radius 3 is 2.55 bits per heavy atom. The Morgan fingerprint density at radius 1 is 1.20 bits per heavy atom. The van der Waals surface area contributed by atoms with Crippen molar-refractivity contribution in [2.24, 2.45) is 0 Å². The lowest BCUT2D eigenvalue weighted by Gasteiger charge is -2.15. The first kappa shape index (κ1) is 15.1. The van der Waals surface area contributed by atoms with E-state index in [0.717, 1.165) is 25.3 Å². The summed E-state index contributed by atoms with van der Waals surface area (Å²) in [6.45, 7) is 8.18. The number of rotatable bonds is 7. The quantitative estimate of drug-likeness (QED) is 0.798. The minimum absolute atomic E-state index is 0.342. The number of ether oxygens (including phenoxy) is 1. The Balaban J connectivity index is 1.88. The zero-order chi connectivity index (χ0) is 14.4. The van der Waals surface area contributed by atoms with E-state index in [2.05, 4.69) is 61.1 Å². The van der Waals surface area contributed by atoms with Gasteiger partial charge >= 0.3 is 0 Å². The number of benzene rings is 1. The van der Waals surface area contributed by atoms with Crippen LogP contribution in [-0.4, -0.2) is 6.61 Å². The minimum Gasteiger partial charge on any atom is -0.494 e. The molecule has 1 aromatic heterocycles. The van der Waals surface area contributed by atoms with Crippen LogP contribution in [0, 0.1) is 6.92 Å². The zero-order valence-electron chi connectivity index (χ0n) is 12.5. The number of hydrogen-bond acceptors (Lipinski definition) is 3. The van der Waals surface area contributed by atoms with Gasteiger partial charge in [-0.2, -0.15) is 11.3 Å². The fraction of sp³-hybridized carbons (Fsp3) is 0.412. The largest absolute Gasteiger partial charge is 0.494 e. The summed E-state index contributed by atoms with van der Waals surface area (Å²) in [5.74, 6) is 0.955. The van der Waals surface area contributed by atoms with Gasteiger partial charge in [0.2, 0.25) is 0 Å². The van der Waals surface area contributed by atoms with Crippen LogP contribution in [0.2, 0.25) is 0 Å². The molecule has 0 saturated heterocycles. The van der Waals surface area contributed by atoms with Gasteiger partial charge in [0, 0.05) is 12.6 Å². The topological polar surface area (TPSA) is 21.3 Å². The molecule has 1 unspecified atom stereocenters. The average Bonchev–Trinajstić information content (AvgIpc) is 2.88. The first-order valence-electron chi connectivity index (χ1n) is 7.18. The number of aryl methyl sites for hydroxylation is 1. The molecule has 1 atom stereocenters. The lowest BCUT2D eigenvalue weighted by Crippen LogP contribution is -2.18. The first-order chi connectivity index (χ1) is 9.70. The highest BCUT2D eigenvalue weighted by atomic mass is 32.1. The third kappa shape index (κ3) is 4.09. The highest BCUT2D eigenvalue weighted by Gasteiger charge is 2.06. The summed E-state index contributed by atoms with van der Waals surface area (Å²) in [4.78, 5) is 0. The number of nitrogens with one attached hydrogen (secondary N) is 1. The van der Waals surface area contributed by atoms with Gasteiger partial charge < -0.3 is 10.1 Å². The monoisotopic (exact) mass is 289 g/mol. The molecule has 1 aromatic carbocycles. The van der Waals surface area contributed by atoms with E-state index in [1.807, 2.05) is 0 Å². The van der Waals surface area contributed by atoms with Crippen molar-refractivity contribution in [2.75, 3.05) is 6.61 Å². The Bertz CT molecular complexity index is 518. The molecular formula is C17H23NOS. The molecule has 0 fully saturated rings. The Labute approximate surface area is 125 Å². The normalized spacial score (nSPS) is 12.3. The third-order valence-corrected chi connectivity index (χ3v) is 4.32. The Kier molecular flexibility index (Phi) is 5.62. The van der Waals surface area contributed by atoms with Crippen molar-refractivity contribution < 1.29 is 4.74 Å². The van der Waals surface area contributed by atoms with E-state index in [1.165, 1.54) is 16.7 Å². The molecule has 0 aliphatic rings. The molecule has 0 radical (unpaired) electrons. The van der Waals surface area contributed by atoms with E-state index in [0.29, 0.717) is 6.04 Å². The summed E-state index contributed by atoms with van der Waals surface area (Å²) < 4.78 is 5.61. The summed E-state index contributed by atoms with van der Waals surface area (Å²) in [6.07, 6.45) is 1.04. The van der Waals surface area contributed by atoms with E-state index < -0.39 is 0 Å². The van der Waals surface area contributed by atoms with Crippen LogP contribution in [-0.2, 0) is 6.54 Å². The van der Waals surface area contributed by atoms with E-state index in [9.17, 15) is 0 Å². The molecule has 1 heterocycles. The first-order valence-corrected chi connectivity index (χ1v) is 8.12. The van der Waals surface area contributed by atoms with Gasteiger partial charge in [-0.25, -0.2) is 0 Å². The molecule has 0 amide bonds. The zero-order valence-corrected chi connectivity index (χ0v) is 13.3. The van der Waals surface area contributed by atoms with Gasteiger partial charge in [0.25, 0.3) is 0 Å². The van der Waals surface area contributed by atoms with Gasteiger partial charge in [0.05, 0.1) is 6.61 Å². The molecule has 3 heteroatoms. The smallest absolute Gasteiger partial charge is 0.119 e. The summed E-state index contributed by atoms with van der Waals surface area (Å²) in [7, 11) is 0. The SMILES string of the molecule is CCCOc1ccc(C(C)NCc2cscc2C)cc1. The van der Waals surface area contributed by atoms with E-state index >= 15 is 0 Å². The van der Waals surface area contributed by atoms with Crippen molar-refractivity contribution in [2.45, 2.75) is 39.8 Å². The van der Waals surface area contributed by atoms with Crippen molar-refractivity contribution in [3.63, 3.8) is 0 Å². The number of hydrogen-bond donors (Lipinski definition) is 1. The van der Waals surface area contributed by atoms with Crippen LogP contribution in [0.25, 0.3) is 0 Å². The maximum Gasteiger partial charge on any atom is 0.119 e. The molecule has 1 N–H and O–H groups in total. The van der Waals surface area contributed by atoms with Crippen molar-refractivity contribution in [1.29, 1.82) is 0 Å². The second-order valence-corrected chi connectivity index (χ2v) is 5.84. The van der Waals surface area contributed by atoms with Crippen LogP contribution in [0.3, 0.4) is 0 Å². The second kappa shape index (κ2) is 7.46. The minimum atomic E-state index is 0.342. The van der Waals surface area contributed by atoms with Crippen molar-refractivity contribution in [1.82, 2.24) is 5.32 Å². The molecule has 20 heavy (non-hydrogen) atoms. The van der Waals surface area contributed by atoms with E-state index in [1.54, 1.807) is 11.3 Å². The van der Waals surface area contributed by atoms with Crippen molar-refractivity contribution in [3.8, 4) is 5.75 Å². The highest BCUT2D eigenvalue weighted by Crippen LogP contribution is 2.19. The molecular weight excluding hydrogens is 266 g/mol. The van der Waals surface area contributed by atoms with Crippen LogP contribution in [0.4, 0.5) is 0 Å². The second-order valence-electron chi connectivity index (χ2n) is 5.10. The van der Waals surface area contributed by atoms with Gasteiger partial charge in [-0.3, -0.25) is 0 Å². The summed E-state index contributed by atoms with van der Waals surface area (Å²) in [6, 6.07) is 8.74. The van der Waals surface area contributed by atoms with Gasteiger partial charge in [-0.1, -0.05) is 19.1 Å². The Morgan fingerprint density at radius 2 is 1.95 bits per heavy atom. The lowest BCUT2D eigenvalue weighted by atomic mass is 10.1. The van der Waals surface area contributed by atoms with Crippen LogP contribution < -0.4 is 10.1 Å². The highest BCUT2D eigenvalue weighted by molar-refractivity contribution is 7.08. The average molecular weight is 289 g/mol. The molecule has 0 aliphatic carbocycles. The molecule has 2 rings (SSSR count). The molecule has 0 bridgehead atoms. The maximum atomic E-state index is 5.61. The summed E-state index contributed by atoms with van der Waals surface area (Å²) >= 11 is 1.77. The fourth-order valence-corrected chi connectivity index (χ4v) is 2.88. The third-order valence-electron chi connectivity index (χ3n) is 3.41. The van der Waals surface area contributed by atoms with Gasteiger partial charge in [0.1, 0.15) is 5.75 Å². The maximum absolute atomic E-state index is 5.61. The summed E-state index contributed by atoms with van der Waals surface area (Å²) in [5, 5.41) is 7.99. The molecule has 2 aromatic rings. The predicted octanol–water partition coefficient (Wildman–Crippen LogP) is 4.70. The van der Waals surface area contributed by atoms with Gasteiger partial charge in [-0.15, -0.1) is 0 Å². The van der Waals surface area contributed by atoms with Crippen LogP contribution in [0.5, 0.6) is 5.75 Å². The van der Waals surface area contributed by atoms with E-state index in [4.69, 9.17) is 4.74 Å². The fourth-order valence-electron chi connectivity index (χ4n) is 2.02. The van der Waals surface area contributed by atoms with E-state index in [-0.39, 0.29) is 0 Å². The molecule has 108 valence electrons. The molecule has 0 spiro atoms. The Hall–Kier alpha value is -1.32. The predicted molar refractivity (Wildman–Crippen MR) is 86.5 cm³/mol. The standard InChI is InChI=1S/C17H23NOS/c1-4-9-19-17-7-5-15(6-8-17)14(3)18-10-16-12-20-11-13(16)2/h5-8,11-12,14,18H,4,9-10H2,1-3H3.